The second-order valence-corrected chi connectivity index (χ2v) is 5.39. The second kappa shape index (κ2) is 7.14. The highest BCUT2D eigenvalue weighted by molar-refractivity contribution is 5.98. The summed E-state index contributed by atoms with van der Waals surface area (Å²) >= 11 is 0. The van der Waals surface area contributed by atoms with E-state index in [2.05, 4.69) is 32.6 Å². The van der Waals surface area contributed by atoms with Crippen LogP contribution in [0.3, 0.4) is 0 Å². The van der Waals surface area contributed by atoms with Gasteiger partial charge in [0.15, 0.2) is 0 Å². The lowest BCUT2D eigenvalue weighted by molar-refractivity contribution is 0.100. The maximum absolute atomic E-state index is 11.2. The Hall–Kier alpha value is -1.75. The number of anilines is 1. The van der Waals surface area contributed by atoms with E-state index in [0.717, 1.165) is 6.54 Å². The van der Waals surface area contributed by atoms with E-state index in [0.29, 0.717) is 35.7 Å². The van der Waals surface area contributed by atoms with Gasteiger partial charge in [0.2, 0.25) is 0 Å². The monoisotopic (exact) mass is 279 g/mol. The molecule has 0 saturated heterocycles. The molecular weight excluding hydrogens is 254 g/mol. The van der Waals surface area contributed by atoms with Crippen LogP contribution in [-0.4, -0.2) is 36.0 Å². The number of carbonyl (C=O) groups is 1. The molecule has 0 unspecified atom stereocenters. The first kappa shape index (κ1) is 16.3. The number of ether oxygens (including phenoxy) is 1. The number of nitrogens with two attached hydrogens (primary N) is 2. The maximum Gasteiger partial charge on any atom is 0.250 e. The van der Waals surface area contributed by atoms with Gasteiger partial charge >= 0.3 is 0 Å². The molecule has 0 aliphatic rings. The van der Waals surface area contributed by atoms with Gasteiger partial charge in [-0.25, -0.2) is 0 Å². The molecule has 0 aliphatic carbocycles. The molecule has 112 valence electrons. The highest BCUT2D eigenvalue weighted by atomic mass is 16.5. The Labute approximate surface area is 120 Å². The summed E-state index contributed by atoms with van der Waals surface area (Å²) in [7, 11) is 0. The minimum absolute atomic E-state index is 0.298. The standard InChI is InChI=1S/C15H25N3O2/c1-10(2)18(11(3)4)7-8-20-12-5-6-14(16)13(9-12)15(17)19/h5-6,9-11H,7-8,16H2,1-4H3,(H2,17,19). The van der Waals surface area contributed by atoms with E-state index in [1.54, 1.807) is 18.2 Å². The van der Waals surface area contributed by atoms with Crippen LogP contribution in [0.4, 0.5) is 5.69 Å². The molecule has 0 aliphatic heterocycles. The average molecular weight is 279 g/mol. The zero-order valence-corrected chi connectivity index (χ0v) is 12.7. The van der Waals surface area contributed by atoms with E-state index in [1.165, 1.54) is 0 Å². The van der Waals surface area contributed by atoms with Crippen molar-refractivity contribution < 1.29 is 9.53 Å². The quantitative estimate of drug-likeness (QED) is 0.746. The van der Waals surface area contributed by atoms with E-state index < -0.39 is 5.91 Å². The molecule has 20 heavy (non-hydrogen) atoms. The molecule has 1 aromatic carbocycles. The summed E-state index contributed by atoms with van der Waals surface area (Å²) in [6, 6.07) is 5.90. The van der Waals surface area contributed by atoms with Crippen molar-refractivity contribution in [2.45, 2.75) is 39.8 Å². The third-order valence-corrected chi connectivity index (χ3v) is 3.24. The molecule has 5 heteroatoms. The van der Waals surface area contributed by atoms with Crippen molar-refractivity contribution >= 4 is 11.6 Å². The van der Waals surface area contributed by atoms with Crippen molar-refractivity contribution in [1.29, 1.82) is 0 Å². The molecule has 0 spiro atoms. The minimum Gasteiger partial charge on any atom is -0.492 e. The molecule has 4 N–H and O–H groups in total. The van der Waals surface area contributed by atoms with E-state index >= 15 is 0 Å². The van der Waals surface area contributed by atoms with Crippen LogP contribution < -0.4 is 16.2 Å². The summed E-state index contributed by atoms with van der Waals surface area (Å²) in [5.41, 5.74) is 11.6. The second-order valence-electron chi connectivity index (χ2n) is 5.39. The SMILES string of the molecule is CC(C)N(CCOc1ccc(N)c(C(N)=O)c1)C(C)C. The molecule has 0 aromatic heterocycles. The molecule has 0 atom stereocenters. The predicted octanol–water partition coefficient (Wildman–Crippen LogP) is 1.87. The van der Waals surface area contributed by atoms with Gasteiger partial charge in [-0.15, -0.1) is 0 Å². The lowest BCUT2D eigenvalue weighted by Crippen LogP contribution is -2.39. The van der Waals surface area contributed by atoms with Gasteiger partial charge in [-0.3, -0.25) is 9.69 Å². The molecule has 0 fully saturated rings. The van der Waals surface area contributed by atoms with Gasteiger partial charge in [0, 0.05) is 24.3 Å². The van der Waals surface area contributed by atoms with Gasteiger partial charge < -0.3 is 16.2 Å². The molecule has 0 radical (unpaired) electrons. The molecule has 0 saturated carbocycles. The highest BCUT2D eigenvalue weighted by Gasteiger charge is 2.13. The molecule has 5 nitrogen and oxygen atoms in total. The third-order valence-electron chi connectivity index (χ3n) is 3.24. The van der Waals surface area contributed by atoms with Crippen molar-refractivity contribution in [3.63, 3.8) is 0 Å². The van der Waals surface area contributed by atoms with Crippen LogP contribution >= 0.6 is 0 Å². The van der Waals surface area contributed by atoms with Crippen LogP contribution in [-0.2, 0) is 0 Å². The fraction of sp³-hybridized carbons (Fsp3) is 0.533. The number of nitrogen functional groups attached to an aromatic ring is 1. The Morgan fingerprint density at radius 1 is 1.25 bits per heavy atom. The Bertz CT molecular complexity index is 450. The maximum atomic E-state index is 11.2. The van der Waals surface area contributed by atoms with Crippen LogP contribution in [0.5, 0.6) is 5.75 Å². The van der Waals surface area contributed by atoms with Crippen LogP contribution in [0.15, 0.2) is 18.2 Å². The Kier molecular flexibility index (Phi) is 5.82. The van der Waals surface area contributed by atoms with Crippen molar-refractivity contribution in [3.8, 4) is 5.75 Å². The fourth-order valence-electron chi connectivity index (χ4n) is 2.22. The van der Waals surface area contributed by atoms with Gasteiger partial charge in [-0.05, 0) is 45.9 Å². The number of hydrogen-bond acceptors (Lipinski definition) is 4. The normalized spacial score (nSPS) is 11.3. The topological polar surface area (TPSA) is 81.6 Å². The van der Waals surface area contributed by atoms with Gasteiger partial charge in [0.1, 0.15) is 12.4 Å². The Morgan fingerprint density at radius 3 is 2.35 bits per heavy atom. The zero-order valence-electron chi connectivity index (χ0n) is 12.7. The van der Waals surface area contributed by atoms with E-state index in [4.69, 9.17) is 16.2 Å². The highest BCUT2D eigenvalue weighted by Crippen LogP contribution is 2.19. The first-order valence-electron chi connectivity index (χ1n) is 6.90. The minimum atomic E-state index is -0.543. The summed E-state index contributed by atoms with van der Waals surface area (Å²) in [6.07, 6.45) is 0. The Morgan fingerprint density at radius 2 is 1.85 bits per heavy atom. The summed E-state index contributed by atoms with van der Waals surface area (Å²) in [4.78, 5) is 13.6. The predicted molar refractivity (Wildman–Crippen MR) is 81.8 cm³/mol. The molecule has 1 rings (SSSR count). The lowest BCUT2D eigenvalue weighted by Gasteiger charge is -2.30. The van der Waals surface area contributed by atoms with E-state index in [-0.39, 0.29) is 0 Å². The first-order chi connectivity index (χ1) is 9.32. The molecule has 0 bridgehead atoms. The van der Waals surface area contributed by atoms with Crippen molar-refractivity contribution in [2.24, 2.45) is 5.73 Å². The van der Waals surface area contributed by atoms with Crippen molar-refractivity contribution in [1.82, 2.24) is 4.90 Å². The largest absolute Gasteiger partial charge is 0.492 e. The van der Waals surface area contributed by atoms with Gasteiger partial charge in [-0.2, -0.15) is 0 Å². The molecule has 0 heterocycles. The van der Waals surface area contributed by atoms with Gasteiger partial charge in [-0.1, -0.05) is 0 Å². The van der Waals surface area contributed by atoms with Crippen LogP contribution in [0.2, 0.25) is 0 Å². The van der Waals surface area contributed by atoms with E-state index in [9.17, 15) is 4.79 Å². The lowest BCUT2D eigenvalue weighted by atomic mass is 10.1. The number of amides is 1. The zero-order chi connectivity index (χ0) is 15.3. The number of rotatable bonds is 7. The average Bonchev–Trinajstić information content (AvgIpc) is 2.35. The van der Waals surface area contributed by atoms with Crippen LogP contribution in [0.1, 0.15) is 38.1 Å². The van der Waals surface area contributed by atoms with Gasteiger partial charge in [0.05, 0.1) is 5.56 Å². The van der Waals surface area contributed by atoms with Crippen molar-refractivity contribution in [3.05, 3.63) is 23.8 Å². The van der Waals surface area contributed by atoms with Crippen LogP contribution in [0.25, 0.3) is 0 Å². The smallest absolute Gasteiger partial charge is 0.250 e. The Balaban J connectivity index is 2.62. The number of nitrogens with zero attached hydrogens (tertiary/aromatic N) is 1. The summed E-state index contributed by atoms with van der Waals surface area (Å²) in [5, 5.41) is 0. The van der Waals surface area contributed by atoms with Gasteiger partial charge in [0.25, 0.3) is 5.91 Å². The molecular formula is C15H25N3O2. The fourth-order valence-corrected chi connectivity index (χ4v) is 2.22. The number of benzene rings is 1. The number of primary amides is 1. The number of carbonyl (C=O) groups excluding carboxylic acids is 1. The summed E-state index contributed by atoms with van der Waals surface area (Å²) < 4.78 is 5.68. The summed E-state index contributed by atoms with van der Waals surface area (Å²) in [6.45, 7) is 10.0. The van der Waals surface area contributed by atoms with Crippen LogP contribution in [0, 0.1) is 0 Å². The van der Waals surface area contributed by atoms with E-state index in [1.807, 2.05) is 0 Å². The first-order valence-corrected chi connectivity index (χ1v) is 6.90. The summed E-state index contributed by atoms with van der Waals surface area (Å²) in [5.74, 6) is 0.0689. The molecule has 1 amide bonds. The third kappa shape index (κ3) is 4.42. The number of hydrogen-bond donors (Lipinski definition) is 2. The van der Waals surface area contributed by atoms with Crippen molar-refractivity contribution in [2.75, 3.05) is 18.9 Å². The molecule has 1 aromatic rings.